The number of hydrogen-bond acceptors (Lipinski definition) is 8. The maximum absolute atomic E-state index is 6.50. The van der Waals surface area contributed by atoms with E-state index in [-0.39, 0.29) is 0 Å². The zero-order valence-corrected chi connectivity index (χ0v) is 30.6. The summed E-state index contributed by atoms with van der Waals surface area (Å²) < 4.78 is 8.98. The molecule has 0 aliphatic heterocycles. The number of benzene rings is 7. The van der Waals surface area contributed by atoms with Gasteiger partial charge in [0.2, 0.25) is 0 Å². The molecule has 7 nitrogen and oxygen atoms in total. The number of fused-ring (bicyclic) bond motifs is 3. The van der Waals surface area contributed by atoms with Crippen LogP contribution >= 0.6 is 11.3 Å². The summed E-state index contributed by atoms with van der Waals surface area (Å²) in [7, 11) is 0. The molecule has 7 aromatic carbocycles. The highest BCUT2D eigenvalue weighted by atomic mass is 32.1. The van der Waals surface area contributed by atoms with Gasteiger partial charge in [0.15, 0.2) is 34.9 Å². The molecule has 0 saturated carbocycles. The van der Waals surface area contributed by atoms with Gasteiger partial charge in [0.25, 0.3) is 0 Å². The maximum atomic E-state index is 6.50. The summed E-state index contributed by atoms with van der Waals surface area (Å²) in [4.78, 5) is 29.6. The minimum Gasteiger partial charge on any atom is -0.457 e. The van der Waals surface area contributed by atoms with Crippen molar-refractivity contribution in [3.63, 3.8) is 0 Å². The smallest absolute Gasteiger partial charge is 0.164 e. The van der Waals surface area contributed by atoms with Crippen molar-refractivity contribution in [2.24, 2.45) is 0 Å². The van der Waals surface area contributed by atoms with E-state index in [2.05, 4.69) is 42.5 Å². The largest absolute Gasteiger partial charge is 0.457 e. The minimum absolute atomic E-state index is 0.551. The van der Waals surface area contributed by atoms with Gasteiger partial charge >= 0.3 is 0 Å². The van der Waals surface area contributed by atoms with Crippen molar-refractivity contribution in [3.8, 4) is 79.8 Å². The Labute approximate surface area is 326 Å². The van der Waals surface area contributed by atoms with Crippen LogP contribution in [0.5, 0.6) is 11.5 Å². The topological polar surface area (TPSA) is 86.6 Å². The Bertz CT molecular complexity index is 2950. The van der Waals surface area contributed by atoms with Crippen LogP contribution in [0.2, 0.25) is 0 Å². The predicted molar refractivity (Wildman–Crippen MR) is 225 cm³/mol. The zero-order chi connectivity index (χ0) is 37.3. The first-order valence-corrected chi connectivity index (χ1v) is 19.0. The van der Waals surface area contributed by atoms with Crippen LogP contribution in [0.4, 0.5) is 0 Å². The molecule has 0 fully saturated rings. The molecular formula is C48H30N6OS. The molecular weight excluding hydrogens is 709 g/mol. The Hall–Kier alpha value is -7.42. The molecule has 264 valence electrons. The first kappa shape index (κ1) is 33.2. The second kappa shape index (κ2) is 14.4. The van der Waals surface area contributed by atoms with Gasteiger partial charge in [0.05, 0.1) is 0 Å². The summed E-state index contributed by atoms with van der Waals surface area (Å²) in [5, 5.41) is 2.42. The Morgan fingerprint density at radius 3 is 1.14 bits per heavy atom. The fourth-order valence-electron chi connectivity index (χ4n) is 6.69. The van der Waals surface area contributed by atoms with Crippen LogP contribution in [0.25, 0.3) is 88.5 Å². The van der Waals surface area contributed by atoms with E-state index in [9.17, 15) is 0 Å². The number of nitrogens with zero attached hydrogens (tertiary/aromatic N) is 6. The maximum Gasteiger partial charge on any atom is 0.164 e. The van der Waals surface area contributed by atoms with Gasteiger partial charge in [-0.3, -0.25) is 0 Å². The van der Waals surface area contributed by atoms with Crippen molar-refractivity contribution in [3.05, 3.63) is 182 Å². The molecule has 0 saturated heterocycles. The number of thiophene rings is 1. The molecule has 10 rings (SSSR count). The first-order valence-electron chi connectivity index (χ1n) is 18.2. The SMILES string of the molecule is c1ccc(-c2nc(-c3ccccc3)nc(-c3cccc(Oc4cccc(-c5nc(-c6ccccc6)nc(-c6ccc7sc8ccccc8c7c6)n5)c4)c3)n2)cc1. The van der Waals surface area contributed by atoms with Crippen molar-refractivity contribution in [1.82, 2.24) is 29.9 Å². The van der Waals surface area contributed by atoms with Gasteiger partial charge in [-0.05, 0) is 48.5 Å². The van der Waals surface area contributed by atoms with Gasteiger partial charge in [-0.15, -0.1) is 11.3 Å². The summed E-state index contributed by atoms with van der Waals surface area (Å²) in [5.41, 5.74) is 5.27. The number of ether oxygens (including phenoxy) is 1. The summed E-state index contributed by atoms with van der Waals surface area (Å²) in [6.07, 6.45) is 0. The van der Waals surface area contributed by atoms with Crippen molar-refractivity contribution in [2.75, 3.05) is 0 Å². The Morgan fingerprint density at radius 2 is 0.661 bits per heavy atom. The number of rotatable bonds is 8. The van der Waals surface area contributed by atoms with Crippen molar-refractivity contribution < 1.29 is 4.74 Å². The van der Waals surface area contributed by atoms with Crippen LogP contribution in [0.15, 0.2) is 182 Å². The molecule has 8 heteroatoms. The van der Waals surface area contributed by atoms with Gasteiger partial charge < -0.3 is 4.74 Å². The lowest BCUT2D eigenvalue weighted by atomic mass is 10.1. The van der Waals surface area contributed by atoms with Crippen molar-refractivity contribution >= 4 is 31.5 Å². The van der Waals surface area contributed by atoms with Gasteiger partial charge in [0.1, 0.15) is 11.5 Å². The average molecular weight is 739 g/mol. The first-order chi connectivity index (χ1) is 27.7. The van der Waals surface area contributed by atoms with E-state index in [1.54, 1.807) is 11.3 Å². The van der Waals surface area contributed by atoms with E-state index in [1.165, 1.54) is 20.2 Å². The molecule has 0 N–H and O–H groups in total. The third-order valence-corrected chi connectivity index (χ3v) is 10.6. The summed E-state index contributed by atoms with van der Waals surface area (Å²) in [6, 6.07) is 60.5. The Balaban J connectivity index is 1.01. The molecule has 3 aromatic heterocycles. The standard InChI is InChI=1S/C48H30N6OS/c1-4-14-31(15-5-1)43-49-44(32-16-6-2-7-17-32)51-46(50-43)34-20-12-22-37(28-34)55-38-23-13-21-35(29-38)47-52-45(33-18-8-3-9-19-33)53-48(54-47)36-26-27-42-40(30-36)39-24-10-11-25-41(39)56-42/h1-30H. The number of aromatic nitrogens is 6. The molecule has 0 radical (unpaired) electrons. The van der Waals surface area contributed by atoms with E-state index in [1.807, 2.05) is 140 Å². The molecule has 10 aromatic rings. The van der Waals surface area contributed by atoms with Crippen LogP contribution in [-0.4, -0.2) is 29.9 Å². The molecule has 0 amide bonds. The van der Waals surface area contributed by atoms with Crippen LogP contribution in [0.3, 0.4) is 0 Å². The third-order valence-electron chi connectivity index (χ3n) is 9.42. The van der Waals surface area contributed by atoms with Crippen LogP contribution < -0.4 is 4.74 Å². The molecule has 0 bridgehead atoms. The van der Waals surface area contributed by atoms with Gasteiger partial charge in [-0.25, -0.2) is 29.9 Å². The minimum atomic E-state index is 0.551. The van der Waals surface area contributed by atoms with Crippen molar-refractivity contribution in [2.45, 2.75) is 0 Å². The molecule has 56 heavy (non-hydrogen) atoms. The Morgan fingerprint density at radius 1 is 0.286 bits per heavy atom. The van der Waals surface area contributed by atoms with E-state index in [0.29, 0.717) is 46.4 Å². The van der Waals surface area contributed by atoms with Crippen LogP contribution in [0, 0.1) is 0 Å². The van der Waals surface area contributed by atoms with E-state index < -0.39 is 0 Å². The van der Waals surface area contributed by atoms with E-state index >= 15 is 0 Å². The molecule has 3 heterocycles. The predicted octanol–water partition coefficient (Wildman–Crippen LogP) is 12.2. The molecule has 0 aliphatic carbocycles. The summed E-state index contributed by atoms with van der Waals surface area (Å²) in [6.45, 7) is 0. The average Bonchev–Trinajstić information content (AvgIpc) is 3.65. The van der Waals surface area contributed by atoms with Crippen molar-refractivity contribution in [1.29, 1.82) is 0 Å². The zero-order valence-electron chi connectivity index (χ0n) is 29.8. The second-order valence-corrected chi connectivity index (χ2v) is 14.3. The van der Waals surface area contributed by atoms with E-state index in [4.69, 9.17) is 34.6 Å². The van der Waals surface area contributed by atoms with E-state index in [0.717, 1.165) is 33.4 Å². The highest BCUT2D eigenvalue weighted by Gasteiger charge is 2.16. The quantitative estimate of drug-likeness (QED) is 0.153. The molecule has 0 aliphatic rings. The Kier molecular flexibility index (Phi) is 8.55. The third kappa shape index (κ3) is 6.66. The molecule has 0 spiro atoms. The fourth-order valence-corrected chi connectivity index (χ4v) is 7.77. The number of hydrogen-bond donors (Lipinski definition) is 0. The highest BCUT2D eigenvalue weighted by molar-refractivity contribution is 7.25. The summed E-state index contributed by atoms with van der Waals surface area (Å²) in [5.74, 6) is 4.79. The lowest BCUT2D eigenvalue weighted by Crippen LogP contribution is -2.00. The van der Waals surface area contributed by atoms with Gasteiger partial charge in [-0.2, -0.15) is 0 Å². The lowest BCUT2D eigenvalue weighted by molar-refractivity contribution is 0.483. The normalized spacial score (nSPS) is 11.2. The monoisotopic (exact) mass is 738 g/mol. The molecule has 0 atom stereocenters. The molecule has 0 unspecified atom stereocenters. The lowest BCUT2D eigenvalue weighted by Gasteiger charge is -2.11. The highest BCUT2D eigenvalue weighted by Crippen LogP contribution is 2.37. The van der Waals surface area contributed by atoms with Crippen LogP contribution in [0.1, 0.15) is 0 Å². The second-order valence-electron chi connectivity index (χ2n) is 13.2. The van der Waals surface area contributed by atoms with Gasteiger partial charge in [-0.1, -0.05) is 133 Å². The summed E-state index contributed by atoms with van der Waals surface area (Å²) >= 11 is 1.79. The van der Waals surface area contributed by atoms with Crippen LogP contribution in [-0.2, 0) is 0 Å². The fraction of sp³-hybridized carbons (Fsp3) is 0. The van der Waals surface area contributed by atoms with Gasteiger partial charge in [0, 0.05) is 53.6 Å².